The van der Waals surface area contributed by atoms with Gasteiger partial charge in [0.15, 0.2) is 5.13 Å². The van der Waals surface area contributed by atoms with Crippen molar-refractivity contribution in [3.05, 3.63) is 11.1 Å². The smallest absolute Gasteiger partial charge is 0.323 e. The van der Waals surface area contributed by atoms with Crippen LogP contribution >= 0.6 is 11.3 Å². The minimum Gasteiger partial charge on any atom is -0.480 e. The van der Waals surface area contributed by atoms with E-state index in [4.69, 9.17) is 5.11 Å². The molecule has 7 nitrogen and oxygen atoms in total. The lowest BCUT2D eigenvalue weighted by Crippen LogP contribution is -2.51. The lowest BCUT2D eigenvalue weighted by Gasteiger charge is -2.33. The van der Waals surface area contributed by atoms with Crippen molar-refractivity contribution in [1.82, 2.24) is 14.8 Å². The van der Waals surface area contributed by atoms with Gasteiger partial charge in [-0.3, -0.25) is 15.0 Å². The zero-order chi connectivity index (χ0) is 13.8. The number of hydrogen-bond donors (Lipinski definition) is 2. The van der Waals surface area contributed by atoms with Gasteiger partial charge in [0.1, 0.15) is 0 Å². The van der Waals surface area contributed by atoms with Gasteiger partial charge in [0.2, 0.25) is 0 Å². The lowest BCUT2D eigenvalue weighted by atomic mass is 10.3. The number of carbonyl (C=O) groups is 2. The number of aromatic nitrogens is 1. The first kappa shape index (κ1) is 13.8. The Kier molecular flexibility index (Phi) is 4.33. The van der Waals surface area contributed by atoms with Crippen LogP contribution in [-0.2, 0) is 4.79 Å². The highest BCUT2D eigenvalue weighted by atomic mass is 32.1. The molecule has 1 saturated heterocycles. The highest BCUT2D eigenvalue weighted by Gasteiger charge is 2.22. The average molecular weight is 284 g/mol. The molecule has 1 aromatic rings. The highest BCUT2D eigenvalue weighted by molar-refractivity contribution is 7.13. The SMILES string of the molecule is Cc1csc(NC(=O)N2CCN(CC(=O)O)CC2)n1. The van der Waals surface area contributed by atoms with Gasteiger partial charge in [-0.1, -0.05) is 0 Å². The van der Waals surface area contributed by atoms with Crippen molar-refractivity contribution >= 4 is 28.5 Å². The van der Waals surface area contributed by atoms with E-state index < -0.39 is 5.97 Å². The number of nitrogens with zero attached hydrogens (tertiary/aromatic N) is 3. The van der Waals surface area contributed by atoms with Gasteiger partial charge >= 0.3 is 12.0 Å². The molecule has 1 aliphatic rings. The van der Waals surface area contributed by atoms with Crippen molar-refractivity contribution in [2.24, 2.45) is 0 Å². The summed E-state index contributed by atoms with van der Waals surface area (Å²) >= 11 is 1.39. The normalized spacial score (nSPS) is 16.4. The molecule has 0 aromatic carbocycles. The van der Waals surface area contributed by atoms with Gasteiger partial charge in [0.25, 0.3) is 0 Å². The Morgan fingerprint density at radius 1 is 1.42 bits per heavy atom. The monoisotopic (exact) mass is 284 g/mol. The average Bonchev–Trinajstić information content (AvgIpc) is 2.75. The van der Waals surface area contributed by atoms with E-state index >= 15 is 0 Å². The lowest BCUT2D eigenvalue weighted by molar-refractivity contribution is -0.138. The molecule has 1 fully saturated rings. The number of nitrogens with one attached hydrogen (secondary N) is 1. The first-order chi connectivity index (χ1) is 9.04. The van der Waals surface area contributed by atoms with E-state index in [9.17, 15) is 9.59 Å². The van der Waals surface area contributed by atoms with Crippen LogP contribution < -0.4 is 5.32 Å². The third-order valence-corrected chi connectivity index (χ3v) is 3.73. The molecule has 0 spiro atoms. The van der Waals surface area contributed by atoms with E-state index in [0.29, 0.717) is 31.3 Å². The van der Waals surface area contributed by atoms with Gasteiger partial charge in [-0.15, -0.1) is 11.3 Å². The quantitative estimate of drug-likeness (QED) is 0.852. The second-order valence-electron chi connectivity index (χ2n) is 4.38. The zero-order valence-electron chi connectivity index (χ0n) is 10.6. The van der Waals surface area contributed by atoms with Crippen LogP contribution in [0.15, 0.2) is 5.38 Å². The summed E-state index contributed by atoms with van der Waals surface area (Å²) in [5, 5.41) is 13.9. The molecule has 2 heterocycles. The fourth-order valence-electron chi connectivity index (χ4n) is 1.88. The van der Waals surface area contributed by atoms with E-state index in [-0.39, 0.29) is 12.6 Å². The Balaban J connectivity index is 1.80. The molecule has 8 heteroatoms. The maximum Gasteiger partial charge on any atom is 0.323 e. The van der Waals surface area contributed by atoms with Crippen LogP contribution in [0.5, 0.6) is 0 Å². The predicted molar refractivity (Wildman–Crippen MR) is 71.5 cm³/mol. The number of hydrogen-bond acceptors (Lipinski definition) is 5. The molecule has 0 radical (unpaired) electrons. The maximum absolute atomic E-state index is 12.0. The molecule has 0 unspecified atom stereocenters. The summed E-state index contributed by atoms with van der Waals surface area (Å²) in [7, 11) is 0. The van der Waals surface area contributed by atoms with Crippen molar-refractivity contribution in [3.8, 4) is 0 Å². The van der Waals surface area contributed by atoms with Gasteiger partial charge < -0.3 is 10.0 Å². The Morgan fingerprint density at radius 3 is 2.63 bits per heavy atom. The maximum atomic E-state index is 12.0. The minimum atomic E-state index is -0.837. The molecule has 19 heavy (non-hydrogen) atoms. The Bertz CT molecular complexity index is 468. The van der Waals surface area contributed by atoms with Crippen molar-refractivity contribution in [2.45, 2.75) is 6.92 Å². The van der Waals surface area contributed by atoms with E-state index in [1.165, 1.54) is 11.3 Å². The number of rotatable bonds is 3. The Morgan fingerprint density at radius 2 is 2.11 bits per heavy atom. The molecule has 2 amide bonds. The number of piperazine rings is 1. The summed E-state index contributed by atoms with van der Waals surface area (Å²) in [6.07, 6.45) is 0. The number of anilines is 1. The van der Waals surface area contributed by atoms with Crippen molar-refractivity contribution < 1.29 is 14.7 Å². The minimum absolute atomic E-state index is 0.0289. The van der Waals surface area contributed by atoms with Crippen LogP contribution in [0.2, 0.25) is 0 Å². The highest BCUT2D eigenvalue weighted by Crippen LogP contribution is 2.15. The van der Waals surface area contributed by atoms with E-state index in [1.807, 2.05) is 17.2 Å². The predicted octanol–water partition coefficient (Wildman–Crippen LogP) is 0.686. The molecule has 1 aromatic heterocycles. The molecule has 1 aliphatic heterocycles. The number of urea groups is 1. The molecular weight excluding hydrogens is 268 g/mol. The fourth-order valence-corrected chi connectivity index (χ4v) is 2.56. The summed E-state index contributed by atoms with van der Waals surface area (Å²) in [6, 6.07) is -0.177. The number of thiazole rings is 1. The summed E-state index contributed by atoms with van der Waals surface area (Å²) in [5.41, 5.74) is 0.881. The molecule has 2 N–H and O–H groups in total. The number of carbonyl (C=O) groups excluding carboxylic acids is 1. The number of aryl methyl sites for hydroxylation is 1. The largest absolute Gasteiger partial charge is 0.480 e. The summed E-state index contributed by atoms with van der Waals surface area (Å²) in [4.78, 5) is 30.2. The first-order valence-electron chi connectivity index (χ1n) is 5.97. The third-order valence-electron chi connectivity index (χ3n) is 2.85. The first-order valence-corrected chi connectivity index (χ1v) is 6.85. The van der Waals surface area contributed by atoms with E-state index in [2.05, 4.69) is 10.3 Å². The molecule has 0 aliphatic carbocycles. The van der Waals surface area contributed by atoms with Gasteiger partial charge in [0, 0.05) is 31.6 Å². The van der Waals surface area contributed by atoms with Gasteiger partial charge in [-0.2, -0.15) is 0 Å². The van der Waals surface area contributed by atoms with Gasteiger partial charge in [-0.25, -0.2) is 9.78 Å². The van der Waals surface area contributed by atoms with Crippen molar-refractivity contribution in [2.75, 3.05) is 38.0 Å². The van der Waals surface area contributed by atoms with Crippen LogP contribution in [0.1, 0.15) is 5.69 Å². The number of amides is 2. The van der Waals surface area contributed by atoms with Crippen LogP contribution in [-0.4, -0.2) is 64.6 Å². The Hall–Kier alpha value is -1.67. The molecule has 0 saturated carbocycles. The molecule has 2 rings (SSSR count). The second kappa shape index (κ2) is 5.98. The van der Waals surface area contributed by atoms with E-state index in [1.54, 1.807) is 4.90 Å². The number of carboxylic acids is 1. The summed E-state index contributed by atoms with van der Waals surface area (Å²) < 4.78 is 0. The van der Waals surface area contributed by atoms with Crippen LogP contribution in [0, 0.1) is 6.92 Å². The zero-order valence-corrected chi connectivity index (χ0v) is 11.4. The third kappa shape index (κ3) is 3.90. The summed E-state index contributed by atoms with van der Waals surface area (Å²) in [5.74, 6) is -0.837. The fraction of sp³-hybridized carbons (Fsp3) is 0.545. The van der Waals surface area contributed by atoms with Crippen LogP contribution in [0.3, 0.4) is 0 Å². The molecule has 0 atom stereocenters. The molecule has 0 bridgehead atoms. The van der Waals surface area contributed by atoms with Crippen LogP contribution in [0.25, 0.3) is 0 Å². The molecular formula is C11H16N4O3S. The number of carboxylic acid groups (broad SMARTS) is 1. The van der Waals surface area contributed by atoms with Crippen LogP contribution in [0.4, 0.5) is 9.93 Å². The standard InChI is InChI=1S/C11H16N4O3S/c1-8-7-19-10(12-8)13-11(18)15-4-2-14(3-5-15)6-9(16)17/h7H,2-6H2,1H3,(H,16,17)(H,12,13,18). The number of aliphatic carboxylic acids is 1. The Labute approximate surface area is 114 Å². The van der Waals surface area contributed by atoms with Crippen molar-refractivity contribution in [1.29, 1.82) is 0 Å². The second-order valence-corrected chi connectivity index (χ2v) is 5.24. The van der Waals surface area contributed by atoms with Crippen molar-refractivity contribution in [3.63, 3.8) is 0 Å². The topological polar surface area (TPSA) is 85.8 Å². The van der Waals surface area contributed by atoms with Gasteiger partial charge in [-0.05, 0) is 6.92 Å². The summed E-state index contributed by atoms with van der Waals surface area (Å²) in [6.45, 7) is 4.12. The van der Waals surface area contributed by atoms with E-state index in [0.717, 1.165) is 5.69 Å². The molecule has 104 valence electrons. The van der Waals surface area contributed by atoms with Gasteiger partial charge in [0.05, 0.1) is 12.2 Å².